The average molecular weight is 365 g/mol. The minimum atomic E-state index is -3.63. The molecule has 5 nitrogen and oxygen atoms in total. The summed E-state index contributed by atoms with van der Waals surface area (Å²) in [5, 5.41) is 0.481. The van der Waals surface area contributed by atoms with E-state index in [1.807, 2.05) is 30.3 Å². The Bertz CT molecular complexity index is 840. The molecule has 2 aromatic rings. The van der Waals surface area contributed by atoms with Crippen molar-refractivity contribution in [2.75, 3.05) is 11.4 Å². The molecule has 24 heavy (non-hydrogen) atoms. The number of para-hydroxylation sites is 1. The Morgan fingerprint density at radius 3 is 2.58 bits per heavy atom. The number of sulfonamides is 1. The van der Waals surface area contributed by atoms with E-state index >= 15 is 0 Å². The molecule has 1 unspecified atom stereocenters. The summed E-state index contributed by atoms with van der Waals surface area (Å²) in [6.45, 7) is 0.493. The van der Waals surface area contributed by atoms with Gasteiger partial charge in [-0.1, -0.05) is 41.9 Å². The normalized spacial score (nSPS) is 18.1. The summed E-state index contributed by atoms with van der Waals surface area (Å²) < 4.78 is 27.2. The zero-order chi connectivity index (χ0) is 17.2. The molecule has 1 aliphatic heterocycles. The zero-order valence-electron chi connectivity index (χ0n) is 12.9. The molecule has 1 N–H and O–H groups in total. The van der Waals surface area contributed by atoms with E-state index in [0.717, 1.165) is 5.69 Å². The van der Waals surface area contributed by atoms with Crippen molar-refractivity contribution in [3.05, 3.63) is 65.2 Å². The van der Waals surface area contributed by atoms with Crippen molar-refractivity contribution in [2.45, 2.75) is 18.2 Å². The average Bonchev–Trinajstić information content (AvgIpc) is 2.88. The highest BCUT2D eigenvalue weighted by Crippen LogP contribution is 2.22. The van der Waals surface area contributed by atoms with Crippen LogP contribution in [0.2, 0.25) is 5.02 Å². The number of benzene rings is 2. The second-order valence-electron chi connectivity index (χ2n) is 5.67. The van der Waals surface area contributed by atoms with Crippen LogP contribution >= 0.6 is 11.6 Å². The predicted octanol–water partition coefficient (Wildman–Crippen LogP) is 2.56. The molecule has 7 heteroatoms. The van der Waals surface area contributed by atoms with Gasteiger partial charge in [-0.25, -0.2) is 13.1 Å². The van der Waals surface area contributed by atoms with E-state index in [2.05, 4.69) is 4.72 Å². The van der Waals surface area contributed by atoms with E-state index in [-0.39, 0.29) is 11.7 Å². The summed E-state index contributed by atoms with van der Waals surface area (Å²) in [7, 11) is -3.63. The predicted molar refractivity (Wildman–Crippen MR) is 94.4 cm³/mol. The number of carbonyl (C=O) groups excluding carboxylic acids is 1. The van der Waals surface area contributed by atoms with Crippen LogP contribution in [0.5, 0.6) is 0 Å². The standard InChI is InChI=1S/C17H17ClN2O3S/c18-14-6-4-5-13(11-14)12-24(22,23)19-16-9-10-20(17(16)21)15-7-2-1-3-8-15/h1-8,11,16,19H,9-10,12H2. The first kappa shape index (κ1) is 17.0. The van der Waals surface area contributed by atoms with Crippen LogP contribution in [0.25, 0.3) is 0 Å². The van der Waals surface area contributed by atoms with Crippen molar-refractivity contribution >= 4 is 33.2 Å². The number of nitrogens with zero attached hydrogens (tertiary/aromatic N) is 1. The molecule has 0 saturated carbocycles. The molecular formula is C17H17ClN2O3S. The van der Waals surface area contributed by atoms with E-state index in [1.54, 1.807) is 29.2 Å². The van der Waals surface area contributed by atoms with Gasteiger partial charge in [0.1, 0.15) is 6.04 Å². The van der Waals surface area contributed by atoms with E-state index in [9.17, 15) is 13.2 Å². The second kappa shape index (κ2) is 6.93. The molecule has 1 aliphatic rings. The highest BCUT2D eigenvalue weighted by molar-refractivity contribution is 7.88. The molecule has 126 valence electrons. The molecule has 3 rings (SSSR count). The van der Waals surface area contributed by atoms with Crippen LogP contribution in [0, 0.1) is 0 Å². The van der Waals surface area contributed by atoms with Crippen molar-refractivity contribution < 1.29 is 13.2 Å². The fourth-order valence-corrected chi connectivity index (χ4v) is 4.32. The summed E-state index contributed by atoms with van der Waals surface area (Å²) in [5.74, 6) is -0.432. The minimum Gasteiger partial charge on any atom is -0.311 e. The molecule has 2 aromatic carbocycles. The molecule has 0 aliphatic carbocycles. The van der Waals surface area contributed by atoms with Crippen molar-refractivity contribution in [3.63, 3.8) is 0 Å². The first-order chi connectivity index (χ1) is 11.4. The third kappa shape index (κ3) is 3.95. The van der Waals surface area contributed by atoms with Crippen molar-refractivity contribution in [2.24, 2.45) is 0 Å². The number of hydrogen-bond acceptors (Lipinski definition) is 3. The number of amides is 1. The number of anilines is 1. The van der Waals surface area contributed by atoms with E-state index in [4.69, 9.17) is 11.6 Å². The topological polar surface area (TPSA) is 66.5 Å². The lowest BCUT2D eigenvalue weighted by Crippen LogP contribution is -2.41. The van der Waals surface area contributed by atoms with Crippen molar-refractivity contribution in [3.8, 4) is 0 Å². The van der Waals surface area contributed by atoms with Gasteiger partial charge in [-0.3, -0.25) is 4.79 Å². The number of hydrogen-bond donors (Lipinski definition) is 1. The Balaban J connectivity index is 1.68. The molecule has 0 radical (unpaired) electrons. The third-order valence-corrected chi connectivity index (χ3v) is 5.43. The molecule has 0 aromatic heterocycles. The van der Waals surface area contributed by atoms with Crippen LogP contribution in [-0.4, -0.2) is 26.9 Å². The molecule has 0 spiro atoms. The summed E-state index contributed by atoms with van der Waals surface area (Å²) in [6, 6.07) is 15.2. The van der Waals surface area contributed by atoms with Crippen LogP contribution < -0.4 is 9.62 Å². The summed E-state index contributed by atoms with van der Waals surface area (Å²) in [5.41, 5.74) is 1.36. The smallest absolute Gasteiger partial charge is 0.245 e. The highest BCUT2D eigenvalue weighted by Gasteiger charge is 2.35. The Kier molecular flexibility index (Phi) is 4.89. The van der Waals surface area contributed by atoms with Crippen molar-refractivity contribution in [1.29, 1.82) is 0 Å². The Morgan fingerprint density at radius 1 is 1.12 bits per heavy atom. The number of carbonyl (C=O) groups is 1. The minimum absolute atomic E-state index is 0.206. The maximum absolute atomic E-state index is 12.5. The molecule has 1 saturated heterocycles. The van der Waals surface area contributed by atoms with Crippen LogP contribution in [0.15, 0.2) is 54.6 Å². The Hall–Kier alpha value is -1.89. The van der Waals surface area contributed by atoms with Crippen LogP contribution in [0.3, 0.4) is 0 Å². The van der Waals surface area contributed by atoms with Gasteiger partial charge in [-0.05, 0) is 36.2 Å². The third-order valence-electron chi connectivity index (χ3n) is 3.84. The van der Waals surface area contributed by atoms with Gasteiger partial charge in [-0.15, -0.1) is 0 Å². The summed E-state index contributed by atoms with van der Waals surface area (Å²) in [4.78, 5) is 14.1. The quantitative estimate of drug-likeness (QED) is 0.886. The van der Waals surface area contributed by atoms with Crippen LogP contribution in [-0.2, 0) is 20.6 Å². The van der Waals surface area contributed by atoms with Gasteiger partial charge < -0.3 is 4.90 Å². The second-order valence-corrected chi connectivity index (χ2v) is 7.86. The van der Waals surface area contributed by atoms with Crippen LogP contribution in [0.4, 0.5) is 5.69 Å². The molecule has 1 amide bonds. The molecule has 0 bridgehead atoms. The van der Waals surface area contributed by atoms with Crippen molar-refractivity contribution in [1.82, 2.24) is 4.72 Å². The van der Waals surface area contributed by atoms with Gasteiger partial charge in [-0.2, -0.15) is 0 Å². The van der Waals surface area contributed by atoms with Gasteiger partial charge in [0.15, 0.2) is 0 Å². The highest BCUT2D eigenvalue weighted by atomic mass is 35.5. The Labute approximate surface area is 146 Å². The van der Waals surface area contributed by atoms with E-state index < -0.39 is 16.1 Å². The van der Waals surface area contributed by atoms with Gasteiger partial charge >= 0.3 is 0 Å². The first-order valence-electron chi connectivity index (χ1n) is 7.55. The SMILES string of the molecule is O=C1C(NS(=O)(=O)Cc2cccc(Cl)c2)CCN1c1ccccc1. The van der Waals surface area contributed by atoms with Gasteiger partial charge in [0.25, 0.3) is 0 Å². The molecule has 1 heterocycles. The fraction of sp³-hybridized carbons (Fsp3) is 0.235. The maximum Gasteiger partial charge on any atom is 0.245 e. The summed E-state index contributed by atoms with van der Waals surface area (Å²) in [6.07, 6.45) is 0.447. The number of rotatable bonds is 5. The molecule has 1 fully saturated rings. The number of nitrogens with one attached hydrogen (secondary N) is 1. The molecular weight excluding hydrogens is 348 g/mol. The largest absolute Gasteiger partial charge is 0.311 e. The lowest BCUT2D eigenvalue weighted by molar-refractivity contribution is -0.118. The monoisotopic (exact) mass is 364 g/mol. The van der Waals surface area contributed by atoms with Gasteiger partial charge in [0.05, 0.1) is 5.75 Å². The Morgan fingerprint density at radius 2 is 1.88 bits per heavy atom. The van der Waals surface area contributed by atoms with E-state index in [0.29, 0.717) is 23.6 Å². The van der Waals surface area contributed by atoms with E-state index in [1.165, 1.54) is 0 Å². The lowest BCUT2D eigenvalue weighted by Gasteiger charge is -2.17. The number of halogens is 1. The fourth-order valence-electron chi connectivity index (χ4n) is 2.76. The maximum atomic E-state index is 12.5. The molecule has 1 atom stereocenters. The zero-order valence-corrected chi connectivity index (χ0v) is 14.4. The van der Waals surface area contributed by atoms with Crippen LogP contribution in [0.1, 0.15) is 12.0 Å². The van der Waals surface area contributed by atoms with Gasteiger partial charge in [0, 0.05) is 17.3 Å². The first-order valence-corrected chi connectivity index (χ1v) is 9.58. The summed E-state index contributed by atoms with van der Waals surface area (Å²) >= 11 is 5.88. The van der Waals surface area contributed by atoms with Gasteiger partial charge in [0.2, 0.25) is 15.9 Å². The lowest BCUT2D eigenvalue weighted by atomic mass is 10.2.